The van der Waals surface area contributed by atoms with Crippen LogP contribution in [0.2, 0.25) is 0 Å². The molecule has 116 valence electrons. The lowest BCUT2D eigenvalue weighted by Crippen LogP contribution is -2.38. The molecule has 0 saturated heterocycles. The van der Waals surface area contributed by atoms with Gasteiger partial charge in [0.2, 0.25) is 0 Å². The first-order valence-corrected chi connectivity index (χ1v) is 8.09. The lowest BCUT2D eigenvalue weighted by Gasteiger charge is -2.35. The van der Waals surface area contributed by atoms with Gasteiger partial charge in [0.1, 0.15) is 5.75 Å². The average Bonchev–Trinajstić information content (AvgIpc) is 2.59. The van der Waals surface area contributed by atoms with Crippen molar-refractivity contribution in [1.29, 1.82) is 0 Å². The third-order valence-corrected chi connectivity index (χ3v) is 4.67. The summed E-state index contributed by atoms with van der Waals surface area (Å²) in [5, 5.41) is 0. The lowest BCUT2D eigenvalue weighted by molar-refractivity contribution is 0.179. The fraction of sp³-hybridized carbons (Fsp3) is 0.421. The maximum absolute atomic E-state index is 5.56. The maximum atomic E-state index is 5.56. The molecule has 0 aliphatic heterocycles. The SMILES string of the molecule is CCN(Cc1cccnc1)C1CCc2cccc(OC)c2C1. The fourth-order valence-corrected chi connectivity index (χ4v) is 3.46. The Labute approximate surface area is 132 Å². The molecule has 0 bridgehead atoms. The minimum atomic E-state index is 0.578. The topological polar surface area (TPSA) is 25.4 Å². The highest BCUT2D eigenvalue weighted by atomic mass is 16.5. The number of nitrogens with zero attached hydrogens (tertiary/aromatic N) is 2. The highest BCUT2D eigenvalue weighted by molar-refractivity contribution is 5.42. The number of rotatable bonds is 5. The second-order valence-electron chi connectivity index (χ2n) is 5.92. The van der Waals surface area contributed by atoms with Crippen molar-refractivity contribution in [3.05, 3.63) is 59.4 Å². The summed E-state index contributed by atoms with van der Waals surface area (Å²) in [5.41, 5.74) is 4.13. The minimum Gasteiger partial charge on any atom is -0.496 e. The monoisotopic (exact) mass is 296 g/mol. The Balaban J connectivity index is 1.77. The van der Waals surface area contributed by atoms with Gasteiger partial charge < -0.3 is 4.74 Å². The molecule has 22 heavy (non-hydrogen) atoms. The van der Waals surface area contributed by atoms with Crippen molar-refractivity contribution < 1.29 is 4.74 Å². The van der Waals surface area contributed by atoms with E-state index >= 15 is 0 Å². The summed E-state index contributed by atoms with van der Waals surface area (Å²) >= 11 is 0. The number of fused-ring (bicyclic) bond motifs is 1. The Bertz CT molecular complexity index is 598. The lowest BCUT2D eigenvalue weighted by atomic mass is 9.86. The molecule has 3 nitrogen and oxygen atoms in total. The Morgan fingerprint density at radius 2 is 2.18 bits per heavy atom. The van der Waals surface area contributed by atoms with Crippen LogP contribution in [0, 0.1) is 0 Å². The molecule has 1 aliphatic rings. The molecule has 2 aromatic rings. The maximum Gasteiger partial charge on any atom is 0.122 e. The number of ether oxygens (including phenoxy) is 1. The van der Waals surface area contributed by atoms with E-state index in [9.17, 15) is 0 Å². The molecule has 1 atom stereocenters. The summed E-state index contributed by atoms with van der Waals surface area (Å²) in [5.74, 6) is 1.04. The van der Waals surface area contributed by atoms with Crippen LogP contribution in [0.3, 0.4) is 0 Å². The third-order valence-electron chi connectivity index (χ3n) is 4.67. The number of hydrogen-bond acceptors (Lipinski definition) is 3. The van der Waals surface area contributed by atoms with E-state index in [1.165, 1.54) is 23.1 Å². The molecule has 1 unspecified atom stereocenters. The van der Waals surface area contributed by atoms with Crippen molar-refractivity contribution in [3.8, 4) is 5.75 Å². The van der Waals surface area contributed by atoms with E-state index in [1.54, 1.807) is 7.11 Å². The zero-order valence-corrected chi connectivity index (χ0v) is 13.5. The first-order valence-electron chi connectivity index (χ1n) is 8.09. The van der Waals surface area contributed by atoms with E-state index in [2.05, 4.69) is 41.1 Å². The summed E-state index contributed by atoms with van der Waals surface area (Å²) in [6, 6.07) is 11.2. The Morgan fingerprint density at radius 3 is 2.91 bits per heavy atom. The van der Waals surface area contributed by atoms with Crippen molar-refractivity contribution in [3.63, 3.8) is 0 Å². The molecule has 0 fully saturated rings. The van der Waals surface area contributed by atoms with E-state index < -0.39 is 0 Å². The molecule has 1 aliphatic carbocycles. The summed E-state index contributed by atoms with van der Waals surface area (Å²) in [6.45, 7) is 4.28. The Morgan fingerprint density at radius 1 is 1.27 bits per heavy atom. The third kappa shape index (κ3) is 3.14. The average molecular weight is 296 g/mol. The molecule has 0 amide bonds. The van der Waals surface area contributed by atoms with Crippen LogP contribution in [0.4, 0.5) is 0 Å². The van der Waals surface area contributed by atoms with Gasteiger partial charge in [0.15, 0.2) is 0 Å². The van der Waals surface area contributed by atoms with Crippen LogP contribution in [0.25, 0.3) is 0 Å². The number of pyridine rings is 1. The van der Waals surface area contributed by atoms with Gasteiger partial charge in [0.25, 0.3) is 0 Å². The molecular weight excluding hydrogens is 272 g/mol. The van der Waals surface area contributed by atoms with Gasteiger partial charge in [0, 0.05) is 25.0 Å². The van der Waals surface area contributed by atoms with Crippen molar-refractivity contribution in [1.82, 2.24) is 9.88 Å². The first kappa shape index (κ1) is 15.0. The summed E-state index contributed by atoms with van der Waals surface area (Å²) < 4.78 is 5.56. The second-order valence-corrected chi connectivity index (χ2v) is 5.92. The van der Waals surface area contributed by atoms with Crippen LogP contribution in [-0.2, 0) is 19.4 Å². The number of benzene rings is 1. The predicted molar refractivity (Wildman–Crippen MR) is 89.1 cm³/mol. The molecule has 0 saturated carbocycles. The molecule has 0 N–H and O–H groups in total. The molecule has 1 aromatic heterocycles. The number of aryl methyl sites for hydroxylation is 1. The van der Waals surface area contributed by atoms with Gasteiger partial charge in [-0.15, -0.1) is 0 Å². The van der Waals surface area contributed by atoms with Gasteiger partial charge in [0.05, 0.1) is 7.11 Å². The summed E-state index contributed by atoms with van der Waals surface area (Å²) in [7, 11) is 1.77. The van der Waals surface area contributed by atoms with Crippen LogP contribution in [0.15, 0.2) is 42.7 Å². The van der Waals surface area contributed by atoms with Crippen molar-refractivity contribution in [2.24, 2.45) is 0 Å². The van der Waals surface area contributed by atoms with Gasteiger partial charge in [-0.1, -0.05) is 25.1 Å². The summed E-state index contributed by atoms with van der Waals surface area (Å²) in [6.07, 6.45) is 7.24. The molecule has 1 heterocycles. The standard InChI is InChI=1S/C19H24N2O/c1-3-21(14-15-6-5-11-20-13-15)17-10-9-16-7-4-8-19(22-2)18(16)12-17/h4-8,11,13,17H,3,9-10,12,14H2,1-2H3. The summed E-state index contributed by atoms with van der Waals surface area (Å²) in [4.78, 5) is 6.80. The number of likely N-dealkylation sites (N-methyl/N-ethyl adjacent to an activating group) is 1. The van der Waals surface area contributed by atoms with E-state index in [0.717, 1.165) is 31.7 Å². The van der Waals surface area contributed by atoms with Crippen molar-refractivity contribution in [2.45, 2.75) is 38.8 Å². The van der Waals surface area contributed by atoms with E-state index in [0.29, 0.717) is 6.04 Å². The van der Waals surface area contributed by atoms with Crippen molar-refractivity contribution >= 4 is 0 Å². The largest absolute Gasteiger partial charge is 0.496 e. The van der Waals surface area contributed by atoms with Crippen LogP contribution >= 0.6 is 0 Å². The smallest absolute Gasteiger partial charge is 0.122 e. The van der Waals surface area contributed by atoms with Gasteiger partial charge in [-0.2, -0.15) is 0 Å². The zero-order valence-electron chi connectivity index (χ0n) is 13.5. The van der Waals surface area contributed by atoms with E-state index in [1.807, 2.05) is 18.5 Å². The highest BCUT2D eigenvalue weighted by Gasteiger charge is 2.25. The van der Waals surface area contributed by atoms with E-state index in [4.69, 9.17) is 4.74 Å². The van der Waals surface area contributed by atoms with Gasteiger partial charge >= 0.3 is 0 Å². The van der Waals surface area contributed by atoms with Gasteiger partial charge in [-0.25, -0.2) is 0 Å². The minimum absolute atomic E-state index is 0.578. The van der Waals surface area contributed by atoms with Crippen molar-refractivity contribution in [2.75, 3.05) is 13.7 Å². The predicted octanol–water partition coefficient (Wildman–Crippen LogP) is 3.47. The first-order chi connectivity index (χ1) is 10.8. The molecule has 3 rings (SSSR count). The fourth-order valence-electron chi connectivity index (χ4n) is 3.46. The van der Waals surface area contributed by atoms with Crippen LogP contribution < -0.4 is 4.74 Å². The number of aromatic nitrogens is 1. The van der Waals surface area contributed by atoms with Gasteiger partial charge in [-0.05, 0) is 54.6 Å². The van der Waals surface area contributed by atoms with Crippen LogP contribution in [0.5, 0.6) is 5.75 Å². The molecule has 0 spiro atoms. The Kier molecular flexibility index (Phi) is 4.74. The number of hydrogen-bond donors (Lipinski definition) is 0. The molecule has 3 heteroatoms. The second kappa shape index (κ2) is 6.93. The zero-order chi connectivity index (χ0) is 15.4. The highest BCUT2D eigenvalue weighted by Crippen LogP contribution is 2.31. The normalized spacial score (nSPS) is 17.3. The van der Waals surface area contributed by atoms with Crippen LogP contribution in [-0.4, -0.2) is 29.6 Å². The molecule has 0 radical (unpaired) electrons. The molecule has 1 aromatic carbocycles. The van der Waals surface area contributed by atoms with Gasteiger partial charge in [-0.3, -0.25) is 9.88 Å². The van der Waals surface area contributed by atoms with Crippen LogP contribution in [0.1, 0.15) is 30.0 Å². The quantitative estimate of drug-likeness (QED) is 0.845. The number of methoxy groups -OCH3 is 1. The molecular formula is C19H24N2O. The Hall–Kier alpha value is -1.87. The van der Waals surface area contributed by atoms with E-state index in [-0.39, 0.29) is 0 Å².